The van der Waals surface area contributed by atoms with Crippen LogP contribution in [-0.4, -0.2) is 35.8 Å². The smallest absolute Gasteiger partial charge is 0.243 e. The number of nitrogens with zero attached hydrogens (tertiary/aromatic N) is 2. The summed E-state index contributed by atoms with van der Waals surface area (Å²) in [5, 5.41) is 12.1. The molecule has 1 unspecified atom stereocenters. The second-order valence-corrected chi connectivity index (χ2v) is 4.84. The van der Waals surface area contributed by atoms with Gasteiger partial charge in [0.05, 0.1) is 6.07 Å². The van der Waals surface area contributed by atoms with E-state index in [1.165, 1.54) is 6.92 Å². The molecule has 1 aliphatic rings. The maximum Gasteiger partial charge on any atom is 0.243 e. The van der Waals surface area contributed by atoms with Crippen molar-refractivity contribution in [1.82, 2.24) is 10.2 Å². The first-order valence-electron chi connectivity index (χ1n) is 6.46. The van der Waals surface area contributed by atoms with Gasteiger partial charge in [0.1, 0.15) is 5.41 Å². The van der Waals surface area contributed by atoms with E-state index >= 15 is 0 Å². The molecule has 1 rings (SSSR count). The molecule has 1 aliphatic heterocycles. The molecule has 1 N–H and O–H groups in total. The van der Waals surface area contributed by atoms with E-state index in [0.29, 0.717) is 25.9 Å². The second-order valence-electron chi connectivity index (χ2n) is 4.84. The van der Waals surface area contributed by atoms with Gasteiger partial charge in [-0.3, -0.25) is 9.59 Å². The van der Waals surface area contributed by atoms with E-state index in [0.717, 1.165) is 6.42 Å². The summed E-state index contributed by atoms with van der Waals surface area (Å²) in [6.07, 6.45) is 1.82. The first-order valence-corrected chi connectivity index (χ1v) is 6.46. The van der Waals surface area contributed by atoms with Gasteiger partial charge in [0.15, 0.2) is 0 Å². The van der Waals surface area contributed by atoms with Gasteiger partial charge < -0.3 is 10.2 Å². The standard InChI is InChI=1S/C13H21N3O2/c1-4-13(5-2,9-14)12(18)16-7-6-11(8-16)15-10(3)17/h11H,4-8H2,1-3H3,(H,15,17). The van der Waals surface area contributed by atoms with Gasteiger partial charge in [0.2, 0.25) is 11.8 Å². The number of nitriles is 1. The Morgan fingerprint density at radius 2 is 2.06 bits per heavy atom. The van der Waals surface area contributed by atoms with Gasteiger partial charge in [0.25, 0.3) is 0 Å². The molecule has 1 heterocycles. The van der Waals surface area contributed by atoms with Gasteiger partial charge in [0, 0.05) is 26.1 Å². The summed E-state index contributed by atoms with van der Waals surface area (Å²) in [6, 6.07) is 2.19. The summed E-state index contributed by atoms with van der Waals surface area (Å²) in [5.74, 6) is -0.172. The molecule has 1 saturated heterocycles. The van der Waals surface area contributed by atoms with Crippen LogP contribution in [-0.2, 0) is 9.59 Å². The maximum absolute atomic E-state index is 12.4. The van der Waals surface area contributed by atoms with E-state index in [-0.39, 0.29) is 17.9 Å². The minimum absolute atomic E-state index is 0.0246. The molecule has 100 valence electrons. The van der Waals surface area contributed by atoms with E-state index in [1.54, 1.807) is 4.90 Å². The first-order chi connectivity index (χ1) is 8.49. The molecule has 0 saturated carbocycles. The third-order valence-corrected chi connectivity index (χ3v) is 3.71. The lowest BCUT2D eigenvalue weighted by Gasteiger charge is -2.28. The number of carbonyl (C=O) groups excluding carboxylic acids is 2. The fourth-order valence-electron chi connectivity index (χ4n) is 2.41. The highest BCUT2D eigenvalue weighted by molar-refractivity contribution is 5.85. The summed E-state index contributed by atoms with van der Waals surface area (Å²) >= 11 is 0. The molecular weight excluding hydrogens is 230 g/mol. The summed E-state index contributed by atoms with van der Waals surface area (Å²) in [7, 11) is 0. The highest BCUT2D eigenvalue weighted by Gasteiger charge is 2.40. The number of likely N-dealkylation sites (tertiary alicyclic amines) is 1. The third-order valence-electron chi connectivity index (χ3n) is 3.71. The van der Waals surface area contributed by atoms with Crippen molar-refractivity contribution in [3.05, 3.63) is 0 Å². The molecule has 18 heavy (non-hydrogen) atoms. The molecule has 0 bridgehead atoms. The fraction of sp³-hybridized carbons (Fsp3) is 0.769. The normalized spacial score (nSPS) is 19.4. The van der Waals surface area contributed by atoms with E-state index in [4.69, 9.17) is 0 Å². The fourth-order valence-corrected chi connectivity index (χ4v) is 2.41. The monoisotopic (exact) mass is 251 g/mol. The first kappa shape index (κ1) is 14.5. The quantitative estimate of drug-likeness (QED) is 0.811. The molecule has 5 heteroatoms. The summed E-state index contributed by atoms with van der Waals surface area (Å²) in [5.41, 5.74) is -0.898. The number of nitrogens with one attached hydrogen (secondary N) is 1. The van der Waals surface area contributed by atoms with E-state index in [9.17, 15) is 14.9 Å². The van der Waals surface area contributed by atoms with Gasteiger partial charge in [-0.1, -0.05) is 13.8 Å². The average molecular weight is 251 g/mol. The van der Waals surface area contributed by atoms with Gasteiger partial charge in [-0.2, -0.15) is 5.26 Å². The molecule has 0 aromatic carbocycles. The van der Waals surface area contributed by atoms with Crippen molar-refractivity contribution in [3.63, 3.8) is 0 Å². The summed E-state index contributed by atoms with van der Waals surface area (Å²) < 4.78 is 0. The van der Waals surface area contributed by atoms with Crippen LogP contribution in [0.5, 0.6) is 0 Å². The molecule has 0 aliphatic carbocycles. The van der Waals surface area contributed by atoms with Crippen LogP contribution in [0.1, 0.15) is 40.0 Å². The molecule has 0 aromatic heterocycles. The van der Waals surface area contributed by atoms with Crippen LogP contribution >= 0.6 is 0 Å². The molecule has 0 radical (unpaired) electrons. The van der Waals surface area contributed by atoms with Gasteiger partial charge in [-0.15, -0.1) is 0 Å². The van der Waals surface area contributed by atoms with Crippen LogP contribution < -0.4 is 5.32 Å². The van der Waals surface area contributed by atoms with Crippen LogP contribution in [0.15, 0.2) is 0 Å². The molecule has 0 aromatic rings. The van der Waals surface area contributed by atoms with Gasteiger partial charge >= 0.3 is 0 Å². The van der Waals surface area contributed by atoms with Gasteiger partial charge in [-0.25, -0.2) is 0 Å². The SMILES string of the molecule is CCC(C#N)(CC)C(=O)N1CCC(NC(C)=O)C1. The largest absolute Gasteiger partial charge is 0.352 e. The van der Waals surface area contributed by atoms with Gasteiger partial charge in [-0.05, 0) is 19.3 Å². The van der Waals surface area contributed by atoms with E-state index < -0.39 is 5.41 Å². The Morgan fingerprint density at radius 3 is 2.50 bits per heavy atom. The number of carbonyl (C=O) groups is 2. The third kappa shape index (κ3) is 2.81. The highest BCUT2D eigenvalue weighted by atomic mass is 16.2. The van der Waals surface area contributed by atoms with Crippen LogP contribution in [0.25, 0.3) is 0 Å². The van der Waals surface area contributed by atoms with Crippen molar-refractivity contribution in [3.8, 4) is 6.07 Å². The lowest BCUT2D eigenvalue weighted by molar-refractivity contribution is -0.138. The molecular formula is C13H21N3O2. The zero-order valence-electron chi connectivity index (χ0n) is 11.3. The van der Waals surface area contributed by atoms with Crippen molar-refractivity contribution in [2.75, 3.05) is 13.1 Å². The topological polar surface area (TPSA) is 73.2 Å². The van der Waals surface area contributed by atoms with Crippen LogP contribution in [0, 0.1) is 16.7 Å². The molecule has 1 atom stereocenters. The summed E-state index contributed by atoms with van der Waals surface area (Å²) in [6.45, 7) is 6.34. The molecule has 2 amide bonds. The molecule has 1 fully saturated rings. The van der Waals surface area contributed by atoms with Crippen LogP contribution in [0.3, 0.4) is 0 Å². The number of amides is 2. The van der Waals surface area contributed by atoms with Crippen LogP contribution in [0.4, 0.5) is 0 Å². The predicted octanol–water partition coefficient (Wildman–Crippen LogP) is 1.05. The number of hydrogen-bond donors (Lipinski definition) is 1. The Balaban J connectivity index is 2.70. The van der Waals surface area contributed by atoms with E-state index in [1.807, 2.05) is 13.8 Å². The number of rotatable bonds is 4. The summed E-state index contributed by atoms with van der Waals surface area (Å²) in [4.78, 5) is 25.1. The van der Waals surface area contributed by atoms with Crippen LogP contribution in [0.2, 0.25) is 0 Å². The zero-order chi connectivity index (χ0) is 13.8. The zero-order valence-corrected chi connectivity index (χ0v) is 11.3. The highest BCUT2D eigenvalue weighted by Crippen LogP contribution is 2.29. The minimum Gasteiger partial charge on any atom is -0.352 e. The van der Waals surface area contributed by atoms with Crippen molar-refractivity contribution < 1.29 is 9.59 Å². The Hall–Kier alpha value is -1.57. The Labute approximate surface area is 108 Å². The Morgan fingerprint density at radius 1 is 1.44 bits per heavy atom. The lowest BCUT2D eigenvalue weighted by Crippen LogP contribution is -2.43. The van der Waals surface area contributed by atoms with Crippen molar-refractivity contribution >= 4 is 11.8 Å². The predicted molar refractivity (Wildman–Crippen MR) is 67.4 cm³/mol. The number of hydrogen-bond acceptors (Lipinski definition) is 3. The Bertz CT molecular complexity index is 369. The maximum atomic E-state index is 12.4. The minimum atomic E-state index is -0.898. The van der Waals surface area contributed by atoms with E-state index in [2.05, 4.69) is 11.4 Å². The molecule has 0 spiro atoms. The average Bonchev–Trinajstić information content (AvgIpc) is 2.79. The molecule has 5 nitrogen and oxygen atoms in total. The van der Waals surface area contributed by atoms with Crippen molar-refractivity contribution in [1.29, 1.82) is 5.26 Å². The van der Waals surface area contributed by atoms with Crippen molar-refractivity contribution in [2.24, 2.45) is 5.41 Å². The van der Waals surface area contributed by atoms with Crippen molar-refractivity contribution in [2.45, 2.75) is 46.1 Å². The second kappa shape index (κ2) is 5.85. The lowest BCUT2D eigenvalue weighted by atomic mass is 9.82. The Kier molecular flexibility index (Phi) is 4.71.